The van der Waals surface area contributed by atoms with E-state index in [4.69, 9.17) is 33.5 Å². The highest BCUT2D eigenvalue weighted by atomic mass is 16.4. The topological polar surface area (TPSA) is 181 Å². The van der Waals surface area contributed by atoms with Gasteiger partial charge in [-0.15, -0.1) is 0 Å². The van der Waals surface area contributed by atoms with Gasteiger partial charge in [0.2, 0.25) is 5.96 Å². The van der Waals surface area contributed by atoms with E-state index in [1.807, 2.05) is 13.8 Å². The van der Waals surface area contributed by atoms with Crippen LogP contribution in [0, 0.1) is 5.41 Å². The van der Waals surface area contributed by atoms with Crippen molar-refractivity contribution < 1.29 is 9.90 Å². The molecule has 10 N–H and O–H groups in total. The molecule has 9 heteroatoms. The van der Waals surface area contributed by atoms with E-state index in [1.54, 1.807) is 19.0 Å². The smallest absolute Gasteiger partial charge is 0.320 e. The highest BCUT2D eigenvalue weighted by Gasteiger charge is 2.09. The van der Waals surface area contributed by atoms with Gasteiger partial charge in [-0.05, 0) is 19.4 Å². The van der Waals surface area contributed by atoms with E-state index in [9.17, 15) is 4.79 Å². The number of nitrogens with one attached hydrogen (secondary N) is 1. The summed E-state index contributed by atoms with van der Waals surface area (Å²) in [5, 5.41) is 15.0. The second-order valence-electron chi connectivity index (χ2n) is 3.98. The van der Waals surface area contributed by atoms with Crippen LogP contribution in [0.2, 0.25) is 0 Å². The number of aliphatic imine (C=N–C) groups is 1. The molecule has 0 radical (unpaired) electrons. The molecule has 0 saturated carbocycles. The molecule has 0 aliphatic rings. The fraction of sp³-hybridized carbons (Fsp3) is 0.750. The molecule has 0 heterocycles. The molecule has 1 atom stereocenters. The molecule has 0 amide bonds. The van der Waals surface area contributed by atoms with Crippen molar-refractivity contribution in [3.05, 3.63) is 0 Å². The summed E-state index contributed by atoms with van der Waals surface area (Å²) in [7, 11) is 3.45. The SMILES string of the molecule is CC.CN(C)/C(N)=N/C(=N)N.NCCCCC(N)C(=O)O. The zero-order valence-corrected chi connectivity index (χ0v) is 13.5. The molecule has 0 aromatic carbocycles. The Bertz CT molecular complexity index is 306. The third-order valence-electron chi connectivity index (χ3n) is 1.98. The minimum Gasteiger partial charge on any atom is -0.480 e. The van der Waals surface area contributed by atoms with Crippen molar-refractivity contribution in [2.24, 2.45) is 27.9 Å². The third-order valence-corrected chi connectivity index (χ3v) is 1.98. The normalized spacial score (nSPS) is 11.2. The van der Waals surface area contributed by atoms with Gasteiger partial charge >= 0.3 is 5.97 Å². The molecule has 1 unspecified atom stereocenters. The Kier molecular flexibility index (Phi) is 18.6. The summed E-state index contributed by atoms with van der Waals surface area (Å²) in [6.07, 6.45) is 2.16. The van der Waals surface area contributed by atoms with Gasteiger partial charge in [0.15, 0.2) is 5.96 Å². The van der Waals surface area contributed by atoms with E-state index in [1.165, 1.54) is 0 Å². The summed E-state index contributed by atoms with van der Waals surface area (Å²) in [5.41, 5.74) is 20.6. The van der Waals surface area contributed by atoms with E-state index in [0.29, 0.717) is 13.0 Å². The molecule has 0 aliphatic carbocycles. The van der Waals surface area contributed by atoms with Gasteiger partial charge in [-0.25, -0.2) is 0 Å². The summed E-state index contributed by atoms with van der Waals surface area (Å²) >= 11 is 0. The zero-order chi connectivity index (χ0) is 17.4. The Morgan fingerprint density at radius 3 is 2.00 bits per heavy atom. The van der Waals surface area contributed by atoms with Crippen LogP contribution < -0.4 is 22.9 Å². The van der Waals surface area contributed by atoms with E-state index in [0.717, 1.165) is 12.8 Å². The van der Waals surface area contributed by atoms with E-state index in [2.05, 4.69) is 4.99 Å². The van der Waals surface area contributed by atoms with Crippen LogP contribution in [0.3, 0.4) is 0 Å². The lowest BCUT2D eigenvalue weighted by Gasteiger charge is -2.08. The molecule has 0 aliphatic heterocycles. The molecule has 0 rings (SSSR count). The fourth-order valence-corrected chi connectivity index (χ4v) is 0.855. The molecule has 9 nitrogen and oxygen atoms in total. The lowest BCUT2D eigenvalue weighted by atomic mass is 10.1. The highest BCUT2D eigenvalue weighted by molar-refractivity contribution is 5.91. The number of guanidine groups is 2. The Morgan fingerprint density at radius 2 is 1.76 bits per heavy atom. The van der Waals surface area contributed by atoms with Crippen molar-refractivity contribution in [1.82, 2.24) is 4.90 Å². The maximum atomic E-state index is 10.1. The lowest BCUT2D eigenvalue weighted by molar-refractivity contribution is -0.138. The van der Waals surface area contributed by atoms with Crippen LogP contribution in [0.25, 0.3) is 0 Å². The molecular weight excluding hydrogens is 274 g/mol. The van der Waals surface area contributed by atoms with Gasteiger partial charge in [0.1, 0.15) is 6.04 Å². The average molecular weight is 305 g/mol. The molecule has 0 aromatic heterocycles. The third kappa shape index (κ3) is 20.6. The number of carboxylic acid groups (broad SMARTS) is 1. The number of nitrogens with zero attached hydrogens (tertiary/aromatic N) is 2. The van der Waals surface area contributed by atoms with Crippen molar-refractivity contribution >= 4 is 17.9 Å². The molecule has 126 valence electrons. The van der Waals surface area contributed by atoms with E-state index < -0.39 is 12.0 Å². The number of nitrogens with two attached hydrogens (primary N) is 4. The maximum Gasteiger partial charge on any atom is 0.320 e. The maximum absolute atomic E-state index is 10.1. The van der Waals surface area contributed by atoms with E-state index >= 15 is 0 Å². The number of carbonyl (C=O) groups is 1. The first kappa shape index (κ1) is 24.2. The minimum atomic E-state index is -0.933. The molecule has 0 saturated heterocycles. The van der Waals surface area contributed by atoms with Crippen LogP contribution in [0.5, 0.6) is 0 Å². The second-order valence-corrected chi connectivity index (χ2v) is 3.98. The quantitative estimate of drug-likeness (QED) is 0.221. The Morgan fingerprint density at radius 1 is 1.29 bits per heavy atom. The summed E-state index contributed by atoms with van der Waals surface area (Å²) in [6, 6.07) is -0.716. The van der Waals surface area contributed by atoms with Gasteiger partial charge in [-0.2, -0.15) is 4.99 Å². The van der Waals surface area contributed by atoms with Crippen LogP contribution in [-0.4, -0.2) is 54.6 Å². The standard InChI is InChI=1S/C6H14N2O2.C4H11N5.C2H6/c7-4-2-1-3-5(8)6(9)10;1-9(2)4(7)8-3(5)6;1-2/h5H,1-4,7-8H2,(H,9,10);1-2H3,(H5,5,6,7,8);1-2H3. The van der Waals surface area contributed by atoms with Crippen molar-refractivity contribution in [3.8, 4) is 0 Å². The molecule has 0 aromatic rings. The van der Waals surface area contributed by atoms with Crippen LogP contribution >= 0.6 is 0 Å². The number of aliphatic carboxylic acids is 1. The monoisotopic (exact) mass is 305 g/mol. The first-order valence-electron chi connectivity index (χ1n) is 6.76. The van der Waals surface area contributed by atoms with Crippen molar-refractivity contribution in [3.63, 3.8) is 0 Å². The zero-order valence-electron chi connectivity index (χ0n) is 13.5. The molecule has 0 spiro atoms. The summed E-state index contributed by atoms with van der Waals surface area (Å²) in [4.78, 5) is 15.2. The Hall–Kier alpha value is -1.87. The number of rotatable bonds is 5. The second kappa shape index (κ2) is 16.2. The van der Waals surface area contributed by atoms with Crippen molar-refractivity contribution in [2.75, 3.05) is 20.6 Å². The molecule has 21 heavy (non-hydrogen) atoms. The largest absolute Gasteiger partial charge is 0.480 e. The lowest BCUT2D eigenvalue weighted by Crippen LogP contribution is -2.32. The van der Waals surface area contributed by atoms with Crippen LogP contribution in [0.1, 0.15) is 33.1 Å². The number of hydrogen-bond donors (Lipinski definition) is 6. The van der Waals surface area contributed by atoms with Gasteiger partial charge in [0, 0.05) is 14.1 Å². The Balaban J connectivity index is -0.000000277. The van der Waals surface area contributed by atoms with Crippen molar-refractivity contribution in [1.29, 1.82) is 5.41 Å². The van der Waals surface area contributed by atoms with Crippen LogP contribution in [-0.2, 0) is 4.79 Å². The molecule has 0 bridgehead atoms. The summed E-state index contributed by atoms with van der Waals surface area (Å²) in [6.45, 7) is 4.60. The van der Waals surface area contributed by atoms with Gasteiger partial charge < -0.3 is 32.9 Å². The van der Waals surface area contributed by atoms with Gasteiger partial charge in [-0.3, -0.25) is 10.2 Å². The first-order valence-corrected chi connectivity index (χ1v) is 6.76. The summed E-state index contributed by atoms with van der Waals surface area (Å²) < 4.78 is 0. The number of hydrogen-bond acceptors (Lipinski definition) is 4. The minimum absolute atomic E-state index is 0.238. The molecule has 0 fully saturated rings. The predicted molar refractivity (Wildman–Crippen MR) is 87.1 cm³/mol. The highest BCUT2D eigenvalue weighted by Crippen LogP contribution is 1.96. The Labute approximate surface area is 126 Å². The summed E-state index contributed by atoms with van der Waals surface area (Å²) in [5.74, 6) is -0.972. The van der Waals surface area contributed by atoms with Gasteiger partial charge in [0.05, 0.1) is 0 Å². The fourth-order valence-electron chi connectivity index (χ4n) is 0.855. The predicted octanol–water partition coefficient (Wildman–Crippen LogP) is -0.690. The number of unbranched alkanes of at least 4 members (excludes halogenated alkanes) is 1. The number of carboxylic acids is 1. The van der Waals surface area contributed by atoms with Crippen molar-refractivity contribution in [2.45, 2.75) is 39.2 Å². The van der Waals surface area contributed by atoms with Gasteiger partial charge in [-0.1, -0.05) is 20.3 Å². The average Bonchev–Trinajstić information content (AvgIpc) is 2.41. The first-order chi connectivity index (χ1) is 9.72. The molecular formula is C12H31N7O2. The van der Waals surface area contributed by atoms with E-state index in [-0.39, 0.29) is 11.9 Å². The van der Waals surface area contributed by atoms with Crippen LogP contribution in [0.15, 0.2) is 4.99 Å². The van der Waals surface area contributed by atoms with Gasteiger partial charge in [0.25, 0.3) is 0 Å². The van der Waals surface area contributed by atoms with Crippen LogP contribution in [0.4, 0.5) is 0 Å².